The predicted octanol–water partition coefficient (Wildman–Crippen LogP) is 9.04. The van der Waals surface area contributed by atoms with Crippen molar-refractivity contribution < 1.29 is 0 Å². The molecule has 0 aliphatic heterocycles. The van der Waals surface area contributed by atoms with Gasteiger partial charge in [-0.2, -0.15) is 0 Å². The van der Waals surface area contributed by atoms with Gasteiger partial charge in [-0.1, -0.05) is 104 Å². The second-order valence-electron chi connectivity index (χ2n) is 10.3. The van der Waals surface area contributed by atoms with E-state index in [9.17, 15) is 0 Å². The first-order valence-corrected chi connectivity index (χ1v) is 11.8. The fourth-order valence-corrected chi connectivity index (χ4v) is 4.67. The Bertz CT molecular complexity index is 865. The lowest BCUT2D eigenvalue weighted by Gasteiger charge is -2.25. The van der Waals surface area contributed by atoms with Crippen LogP contribution in [0.4, 0.5) is 0 Å². The van der Waals surface area contributed by atoms with Crippen molar-refractivity contribution in [3.8, 4) is 0 Å². The monoisotopic (exact) mass is 391 g/mol. The topological polar surface area (TPSA) is 15.8 Å². The maximum Gasteiger partial charge on any atom is 0.0467 e. The molecule has 0 atom stereocenters. The molecule has 1 aromatic heterocycles. The Morgan fingerprint density at radius 1 is 0.621 bits per heavy atom. The van der Waals surface area contributed by atoms with Gasteiger partial charge in [-0.15, -0.1) is 0 Å². The normalized spacial score (nSPS) is 12.9. The van der Waals surface area contributed by atoms with Crippen molar-refractivity contribution in [1.82, 2.24) is 4.98 Å². The van der Waals surface area contributed by atoms with Crippen LogP contribution in [0.5, 0.6) is 0 Å². The van der Waals surface area contributed by atoms with E-state index in [0.29, 0.717) is 0 Å². The van der Waals surface area contributed by atoms with Gasteiger partial charge in [0.1, 0.15) is 0 Å². The summed E-state index contributed by atoms with van der Waals surface area (Å²) in [4.78, 5) is 3.74. The zero-order valence-corrected chi connectivity index (χ0v) is 19.6. The Kier molecular flexibility index (Phi) is 6.76. The van der Waals surface area contributed by atoms with Crippen molar-refractivity contribution in [3.05, 3.63) is 47.5 Å². The number of unbranched alkanes of at least 4 members (excludes halogenated alkanes) is 4. The molecule has 3 rings (SSSR count). The number of fused-ring (bicyclic) bond motifs is 3. The molecule has 0 unspecified atom stereocenters. The number of benzene rings is 2. The highest BCUT2D eigenvalue weighted by atomic mass is 14.7. The highest BCUT2D eigenvalue weighted by Crippen LogP contribution is 2.36. The van der Waals surface area contributed by atoms with Gasteiger partial charge in [0.15, 0.2) is 0 Å². The molecule has 0 aliphatic carbocycles. The SMILES string of the molecule is CCCCCC(C)(C)c1ccc2c(c1)[nH]c1cc(C(C)(C)CCCCC)ccc12. The maximum atomic E-state index is 3.74. The predicted molar refractivity (Wildman–Crippen MR) is 130 cm³/mol. The van der Waals surface area contributed by atoms with E-state index in [1.165, 1.54) is 84.3 Å². The van der Waals surface area contributed by atoms with Gasteiger partial charge in [-0.3, -0.25) is 0 Å². The van der Waals surface area contributed by atoms with E-state index in [-0.39, 0.29) is 10.8 Å². The van der Waals surface area contributed by atoms with Gasteiger partial charge in [-0.05, 0) is 46.9 Å². The molecule has 1 N–H and O–H groups in total. The molecule has 0 aliphatic rings. The smallest absolute Gasteiger partial charge is 0.0467 e. The molecule has 29 heavy (non-hydrogen) atoms. The number of nitrogens with one attached hydrogen (secondary N) is 1. The highest BCUT2D eigenvalue weighted by molar-refractivity contribution is 6.07. The van der Waals surface area contributed by atoms with Crippen LogP contribution in [-0.4, -0.2) is 4.98 Å². The number of H-pyrrole nitrogens is 1. The van der Waals surface area contributed by atoms with Crippen molar-refractivity contribution in [2.24, 2.45) is 0 Å². The second-order valence-corrected chi connectivity index (χ2v) is 10.3. The summed E-state index contributed by atoms with van der Waals surface area (Å²) in [5.41, 5.74) is 5.92. The van der Waals surface area contributed by atoms with Crippen LogP contribution in [0.25, 0.3) is 21.8 Å². The van der Waals surface area contributed by atoms with Crippen molar-refractivity contribution >= 4 is 21.8 Å². The summed E-state index contributed by atoms with van der Waals surface area (Å²) < 4.78 is 0. The maximum absolute atomic E-state index is 3.74. The van der Waals surface area contributed by atoms with Crippen molar-refractivity contribution in [2.45, 2.75) is 104 Å². The molecule has 0 bridgehead atoms. The van der Waals surface area contributed by atoms with Gasteiger partial charge in [0.2, 0.25) is 0 Å². The third-order valence-electron chi connectivity index (χ3n) is 6.97. The van der Waals surface area contributed by atoms with Crippen LogP contribution in [0.3, 0.4) is 0 Å². The van der Waals surface area contributed by atoms with Crippen LogP contribution in [0.2, 0.25) is 0 Å². The highest BCUT2D eigenvalue weighted by Gasteiger charge is 2.22. The van der Waals surface area contributed by atoms with E-state index in [1.807, 2.05) is 0 Å². The number of hydrogen-bond acceptors (Lipinski definition) is 0. The number of aromatic amines is 1. The summed E-state index contributed by atoms with van der Waals surface area (Å²) in [7, 11) is 0. The van der Waals surface area contributed by atoms with E-state index in [1.54, 1.807) is 0 Å². The number of rotatable bonds is 10. The van der Waals surface area contributed by atoms with E-state index in [4.69, 9.17) is 0 Å². The molecule has 0 saturated carbocycles. The van der Waals surface area contributed by atoms with Gasteiger partial charge >= 0.3 is 0 Å². The van der Waals surface area contributed by atoms with Crippen molar-refractivity contribution in [2.75, 3.05) is 0 Å². The summed E-state index contributed by atoms with van der Waals surface area (Å²) in [5, 5.41) is 2.70. The molecule has 0 saturated heterocycles. The quantitative estimate of drug-likeness (QED) is 0.332. The Hall–Kier alpha value is -1.76. The molecule has 1 nitrogen and oxygen atoms in total. The second kappa shape index (κ2) is 8.94. The Morgan fingerprint density at radius 3 is 1.41 bits per heavy atom. The summed E-state index contributed by atoms with van der Waals surface area (Å²) in [6.45, 7) is 14.1. The van der Waals surface area contributed by atoms with Crippen LogP contribution < -0.4 is 0 Å². The summed E-state index contributed by atoms with van der Waals surface area (Å²) in [6.07, 6.45) is 10.4. The molecule has 0 radical (unpaired) electrons. The molecule has 2 aromatic carbocycles. The Morgan fingerprint density at radius 2 is 1.03 bits per heavy atom. The van der Waals surface area contributed by atoms with E-state index < -0.39 is 0 Å². The summed E-state index contributed by atoms with van der Waals surface area (Å²) in [5.74, 6) is 0. The molecule has 158 valence electrons. The number of hydrogen-bond donors (Lipinski definition) is 1. The molecule has 0 amide bonds. The molecule has 1 heterocycles. The van der Waals surface area contributed by atoms with Crippen molar-refractivity contribution in [1.29, 1.82) is 0 Å². The van der Waals surface area contributed by atoms with Gasteiger partial charge < -0.3 is 4.98 Å². The van der Waals surface area contributed by atoms with Crippen LogP contribution in [0.1, 0.15) is 104 Å². The Labute approximate surface area is 178 Å². The minimum Gasteiger partial charge on any atom is -0.354 e. The third-order valence-corrected chi connectivity index (χ3v) is 6.97. The molecular formula is C28H41N. The summed E-state index contributed by atoms with van der Waals surface area (Å²) >= 11 is 0. The molecule has 0 fully saturated rings. The average molecular weight is 392 g/mol. The average Bonchev–Trinajstić information content (AvgIpc) is 3.05. The zero-order valence-electron chi connectivity index (χ0n) is 19.6. The standard InChI is InChI=1S/C28H41N/c1-7-9-11-17-27(3,4)21-13-15-23-24-16-14-22(20-26(24)29-25(23)19-21)28(5,6)18-12-10-8-2/h13-16,19-20,29H,7-12,17-18H2,1-6H3. The Balaban J connectivity index is 1.91. The fourth-order valence-electron chi connectivity index (χ4n) is 4.67. The van der Waals surface area contributed by atoms with Crippen LogP contribution in [0.15, 0.2) is 36.4 Å². The molecule has 0 spiro atoms. The first kappa shape index (κ1) is 21.9. The van der Waals surface area contributed by atoms with E-state index in [0.717, 1.165) is 0 Å². The lowest BCUT2D eigenvalue weighted by atomic mass is 9.79. The lowest BCUT2D eigenvalue weighted by Crippen LogP contribution is -2.16. The number of aromatic nitrogens is 1. The fraction of sp³-hybridized carbons (Fsp3) is 0.571. The van der Waals surface area contributed by atoms with Crippen LogP contribution >= 0.6 is 0 Å². The van der Waals surface area contributed by atoms with Gasteiger partial charge in [0, 0.05) is 21.8 Å². The van der Waals surface area contributed by atoms with Gasteiger partial charge in [-0.25, -0.2) is 0 Å². The minimum atomic E-state index is 0.229. The minimum absolute atomic E-state index is 0.229. The largest absolute Gasteiger partial charge is 0.354 e. The first-order chi connectivity index (χ1) is 13.8. The zero-order chi connectivity index (χ0) is 21.1. The third kappa shape index (κ3) is 4.87. The van der Waals surface area contributed by atoms with Gasteiger partial charge in [0.05, 0.1) is 0 Å². The van der Waals surface area contributed by atoms with Crippen LogP contribution in [0, 0.1) is 0 Å². The van der Waals surface area contributed by atoms with Crippen molar-refractivity contribution in [3.63, 3.8) is 0 Å². The van der Waals surface area contributed by atoms with E-state index in [2.05, 4.69) is 82.9 Å². The van der Waals surface area contributed by atoms with Gasteiger partial charge in [0.25, 0.3) is 0 Å². The molecule has 1 heteroatoms. The molecular weight excluding hydrogens is 350 g/mol. The lowest BCUT2D eigenvalue weighted by molar-refractivity contribution is 0.450. The van der Waals surface area contributed by atoms with E-state index >= 15 is 0 Å². The summed E-state index contributed by atoms with van der Waals surface area (Å²) in [6, 6.07) is 14.2. The molecule has 3 aromatic rings. The van der Waals surface area contributed by atoms with Crippen LogP contribution in [-0.2, 0) is 10.8 Å². The first-order valence-electron chi connectivity index (χ1n) is 11.8.